The summed E-state index contributed by atoms with van der Waals surface area (Å²) in [5, 5.41) is 6.27. The van der Waals surface area contributed by atoms with Gasteiger partial charge >= 0.3 is 5.97 Å². The van der Waals surface area contributed by atoms with Crippen molar-refractivity contribution in [3.8, 4) is 0 Å². The molecule has 2 N–H and O–H groups in total. The number of esters is 1. The van der Waals surface area contributed by atoms with Crippen LogP contribution in [-0.4, -0.2) is 20.1 Å². The van der Waals surface area contributed by atoms with Crippen LogP contribution in [0.15, 0.2) is 48.5 Å². The highest BCUT2D eigenvalue weighted by molar-refractivity contribution is 5.96. The SMILES string of the molecule is CNc1ccc(Nc2ccccc2C(=O)OC)cc1. The minimum Gasteiger partial charge on any atom is -0.465 e. The zero-order valence-electron chi connectivity index (χ0n) is 10.9. The third-order valence-corrected chi connectivity index (χ3v) is 2.78. The molecule has 0 spiro atoms. The summed E-state index contributed by atoms with van der Waals surface area (Å²) in [6.07, 6.45) is 0. The smallest absolute Gasteiger partial charge is 0.339 e. The molecule has 19 heavy (non-hydrogen) atoms. The number of para-hydroxylation sites is 1. The predicted octanol–water partition coefficient (Wildman–Crippen LogP) is 3.26. The van der Waals surface area contributed by atoms with E-state index in [-0.39, 0.29) is 5.97 Å². The number of ether oxygens (including phenoxy) is 1. The van der Waals surface area contributed by atoms with Gasteiger partial charge in [0.1, 0.15) is 0 Å². The first-order valence-electron chi connectivity index (χ1n) is 5.97. The standard InChI is InChI=1S/C15H16N2O2/c1-16-11-7-9-12(10-8-11)17-14-6-4-3-5-13(14)15(18)19-2/h3-10,16-17H,1-2H3. The van der Waals surface area contributed by atoms with E-state index in [1.165, 1.54) is 7.11 Å². The average molecular weight is 256 g/mol. The van der Waals surface area contributed by atoms with Crippen molar-refractivity contribution in [2.45, 2.75) is 0 Å². The molecule has 0 saturated carbocycles. The maximum atomic E-state index is 11.7. The van der Waals surface area contributed by atoms with Crippen molar-refractivity contribution in [1.82, 2.24) is 0 Å². The minimum atomic E-state index is -0.352. The summed E-state index contributed by atoms with van der Waals surface area (Å²) in [6, 6.07) is 15.1. The van der Waals surface area contributed by atoms with E-state index in [4.69, 9.17) is 4.74 Å². The van der Waals surface area contributed by atoms with Crippen LogP contribution >= 0.6 is 0 Å². The Bertz CT molecular complexity index is 565. The lowest BCUT2D eigenvalue weighted by Gasteiger charge is -2.11. The Balaban J connectivity index is 2.25. The van der Waals surface area contributed by atoms with E-state index in [9.17, 15) is 4.79 Å². The number of rotatable bonds is 4. The van der Waals surface area contributed by atoms with Crippen molar-refractivity contribution in [2.24, 2.45) is 0 Å². The molecule has 0 aliphatic heterocycles. The lowest BCUT2D eigenvalue weighted by molar-refractivity contribution is 0.0602. The summed E-state index contributed by atoms with van der Waals surface area (Å²) in [7, 11) is 3.25. The largest absolute Gasteiger partial charge is 0.465 e. The highest BCUT2D eigenvalue weighted by atomic mass is 16.5. The summed E-state index contributed by atoms with van der Waals surface area (Å²) in [5.41, 5.74) is 3.19. The van der Waals surface area contributed by atoms with E-state index in [0.717, 1.165) is 17.1 Å². The average Bonchev–Trinajstić information content (AvgIpc) is 2.48. The van der Waals surface area contributed by atoms with Gasteiger partial charge < -0.3 is 15.4 Å². The second-order valence-electron chi connectivity index (χ2n) is 3.99. The van der Waals surface area contributed by atoms with Gasteiger partial charge in [-0.1, -0.05) is 12.1 Å². The number of hydrogen-bond donors (Lipinski definition) is 2. The fraction of sp³-hybridized carbons (Fsp3) is 0.133. The Kier molecular flexibility index (Phi) is 4.03. The molecule has 0 unspecified atom stereocenters. The molecule has 4 nitrogen and oxygen atoms in total. The van der Waals surface area contributed by atoms with Crippen LogP contribution < -0.4 is 10.6 Å². The summed E-state index contributed by atoms with van der Waals surface area (Å²) in [4.78, 5) is 11.7. The van der Waals surface area contributed by atoms with Gasteiger partial charge in [0.15, 0.2) is 0 Å². The molecule has 2 rings (SSSR count). The Morgan fingerprint density at radius 2 is 1.63 bits per heavy atom. The van der Waals surface area contributed by atoms with Gasteiger partial charge in [0.05, 0.1) is 18.4 Å². The predicted molar refractivity (Wildman–Crippen MR) is 77.1 cm³/mol. The van der Waals surface area contributed by atoms with Crippen molar-refractivity contribution >= 4 is 23.0 Å². The Hall–Kier alpha value is -2.49. The monoisotopic (exact) mass is 256 g/mol. The molecule has 0 aliphatic carbocycles. The van der Waals surface area contributed by atoms with Gasteiger partial charge in [-0.25, -0.2) is 4.79 Å². The first kappa shape index (κ1) is 13.0. The van der Waals surface area contributed by atoms with Crippen LogP contribution in [0.4, 0.5) is 17.1 Å². The summed E-state index contributed by atoms with van der Waals surface area (Å²) in [6.45, 7) is 0. The lowest BCUT2D eigenvalue weighted by atomic mass is 10.1. The molecular formula is C15H16N2O2. The molecule has 0 aliphatic rings. The third kappa shape index (κ3) is 3.04. The highest BCUT2D eigenvalue weighted by Gasteiger charge is 2.10. The maximum absolute atomic E-state index is 11.7. The van der Waals surface area contributed by atoms with E-state index in [1.54, 1.807) is 6.07 Å². The third-order valence-electron chi connectivity index (χ3n) is 2.78. The van der Waals surface area contributed by atoms with E-state index >= 15 is 0 Å². The molecule has 4 heteroatoms. The number of benzene rings is 2. The van der Waals surface area contributed by atoms with Crippen LogP contribution in [0.5, 0.6) is 0 Å². The van der Waals surface area contributed by atoms with Crippen molar-refractivity contribution in [2.75, 3.05) is 24.8 Å². The van der Waals surface area contributed by atoms with Crippen molar-refractivity contribution in [3.63, 3.8) is 0 Å². The zero-order chi connectivity index (χ0) is 13.7. The van der Waals surface area contributed by atoms with Crippen LogP contribution in [-0.2, 0) is 4.74 Å². The number of carbonyl (C=O) groups excluding carboxylic acids is 1. The quantitative estimate of drug-likeness (QED) is 0.824. The molecule has 0 amide bonds. The Morgan fingerprint density at radius 3 is 2.26 bits per heavy atom. The molecule has 2 aromatic rings. The van der Waals surface area contributed by atoms with Crippen LogP contribution in [0.2, 0.25) is 0 Å². The van der Waals surface area contributed by atoms with Gasteiger partial charge in [-0.15, -0.1) is 0 Å². The Morgan fingerprint density at radius 1 is 1.00 bits per heavy atom. The van der Waals surface area contributed by atoms with Gasteiger partial charge in [0.2, 0.25) is 0 Å². The number of hydrogen-bond acceptors (Lipinski definition) is 4. The van der Waals surface area contributed by atoms with Gasteiger partial charge in [-0.3, -0.25) is 0 Å². The fourth-order valence-electron chi connectivity index (χ4n) is 1.76. The van der Waals surface area contributed by atoms with E-state index < -0.39 is 0 Å². The first-order valence-corrected chi connectivity index (χ1v) is 5.97. The topological polar surface area (TPSA) is 50.4 Å². The number of anilines is 3. The zero-order valence-corrected chi connectivity index (χ0v) is 10.9. The lowest BCUT2D eigenvalue weighted by Crippen LogP contribution is -2.05. The van der Waals surface area contributed by atoms with E-state index in [2.05, 4.69) is 10.6 Å². The van der Waals surface area contributed by atoms with Crippen molar-refractivity contribution < 1.29 is 9.53 Å². The summed E-state index contributed by atoms with van der Waals surface area (Å²) >= 11 is 0. The molecule has 0 atom stereocenters. The number of nitrogens with one attached hydrogen (secondary N) is 2. The summed E-state index contributed by atoms with van der Waals surface area (Å²) < 4.78 is 4.76. The highest BCUT2D eigenvalue weighted by Crippen LogP contribution is 2.22. The van der Waals surface area contributed by atoms with Crippen molar-refractivity contribution in [1.29, 1.82) is 0 Å². The molecule has 0 fully saturated rings. The number of methoxy groups -OCH3 is 1. The molecule has 0 aromatic heterocycles. The molecular weight excluding hydrogens is 240 g/mol. The van der Waals surface area contributed by atoms with Crippen molar-refractivity contribution in [3.05, 3.63) is 54.1 Å². The number of carbonyl (C=O) groups is 1. The van der Waals surface area contributed by atoms with Gasteiger partial charge in [0.25, 0.3) is 0 Å². The van der Waals surface area contributed by atoms with E-state index in [1.807, 2.05) is 49.5 Å². The molecule has 0 bridgehead atoms. The second-order valence-corrected chi connectivity index (χ2v) is 3.99. The van der Waals surface area contributed by atoms with Crippen LogP contribution in [0.1, 0.15) is 10.4 Å². The summed E-state index contributed by atoms with van der Waals surface area (Å²) in [5.74, 6) is -0.352. The van der Waals surface area contributed by atoms with Crippen LogP contribution in [0.3, 0.4) is 0 Å². The second kappa shape index (κ2) is 5.91. The maximum Gasteiger partial charge on any atom is 0.339 e. The minimum absolute atomic E-state index is 0.352. The first-order chi connectivity index (χ1) is 9.24. The normalized spacial score (nSPS) is 9.79. The fourth-order valence-corrected chi connectivity index (χ4v) is 1.76. The van der Waals surface area contributed by atoms with Gasteiger partial charge in [0, 0.05) is 18.4 Å². The molecule has 98 valence electrons. The molecule has 0 saturated heterocycles. The van der Waals surface area contributed by atoms with Crippen LogP contribution in [0, 0.1) is 0 Å². The molecule has 0 heterocycles. The molecule has 0 radical (unpaired) electrons. The molecule has 2 aromatic carbocycles. The Labute approximate surface area is 112 Å². The van der Waals surface area contributed by atoms with Crippen LogP contribution in [0.25, 0.3) is 0 Å². The van der Waals surface area contributed by atoms with Gasteiger partial charge in [-0.05, 0) is 36.4 Å². The van der Waals surface area contributed by atoms with Gasteiger partial charge in [-0.2, -0.15) is 0 Å². The van der Waals surface area contributed by atoms with E-state index in [0.29, 0.717) is 5.56 Å².